The van der Waals surface area contributed by atoms with E-state index in [1.165, 1.54) is 30.0 Å². The SMILES string of the molecule is C=CCn1c(SCc2cccc(C(F)(F)F)c2)nnc1C(C)Oc1ccc(F)cc1Cl. The average molecular weight is 472 g/mol. The molecule has 0 N–H and O–H groups in total. The number of aromatic nitrogens is 3. The van der Waals surface area contributed by atoms with Crippen molar-refractivity contribution in [3.8, 4) is 5.75 Å². The van der Waals surface area contributed by atoms with Crippen LogP contribution < -0.4 is 4.74 Å². The number of allylic oxidation sites excluding steroid dienone is 1. The van der Waals surface area contributed by atoms with Crippen LogP contribution in [0.2, 0.25) is 5.02 Å². The molecule has 0 saturated carbocycles. The molecule has 3 rings (SSSR count). The van der Waals surface area contributed by atoms with Crippen molar-refractivity contribution in [3.05, 3.63) is 82.9 Å². The van der Waals surface area contributed by atoms with Gasteiger partial charge in [-0.1, -0.05) is 47.6 Å². The highest BCUT2D eigenvalue weighted by atomic mass is 35.5. The summed E-state index contributed by atoms with van der Waals surface area (Å²) in [4.78, 5) is 0. The third-order valence-electron chi connectivity index (χ3n) is 4.24. The van der Waals surface area contributed by atoms with Gasteiger partial charge in [0, 0.05) is 12.3 Å². The normalized spacial score (nSPS) is 12.6. The van der Waals surface area contributed by atoms with Gasteiger partial charge in [0.15, 0.2) is 17.1 Å². The summed E-state index contributed by atoms with van der Waals surface area (Å²) in [6.07, 6.45) is -3.32. The van der Waals surface area contributed by atoms with Crippen molar-refractivity contribution in [1.82, 2.24) is 14.8 Å². The lowest BCUT2D eigenvalue weighted by atomic mass is 10.1. The zero-order chi connectivity index (χ0) is 22.6. The fourth-order valence-electron chi connectivity index (χ4n) is 2.81. The van der Waals surface area contributed by atoms with Crippen LogP contribution in [0.15, 0.2) is 60.3 Å². The molecule has 0 saturated heterocycles. The van der Waals surface area contributed by atoms with Crippen LogP contribution in [-0.2, 0) is 18.5 Å². The fourth-order valence-corrected chi connectivity index (χ4v) is 3.92. The van der Waals surface area contributed by atoms with E-state index in [0.29, 0.717) is 28.8 Å². The van der Waals surface area contributed by atoms with Gasteiger partial charge < -0.3 is 4.74 Å². The van der Waals surface area contributed by atoms with Gasteiger partial charge >= 0.3 is 6.18 Å². The number of rotatable bonds is 8. The van der Waals surface area contributed by atoms with Crippen molar-refractivity contribution in [1.29, 1.82) is 0 Å². The number of hydrogen-bond donors (Lipinski definition) is 0. The summed E-state index contributed by atoms with van der Waals surface area (Å²) in [7, 11) is 0. The van der Waals surface area contributed by atoms with Gasteiger partial charge in [-0.2, -0.15) is 13.2 Å². The Morgan fingerprint density at radius 3 is 2.68 bits per heavy atom. The second-order valence-corrected chi connectivity index (χ2v) is 7.91. The molecule has 4 nitrogen and oxygen atoms in total. The molecule has 0 radical (unpaired) electrons. The van der Waals surface area contributed by atoms with Gasteiger partial charge in [0.1, 0.15) is 11.6 Å². The van der Waals surface area contributed by atoms with Crippen molar-refractivity contribution in [3.63, 3.8) is 0 Å². The summed E-state index contributed by atoms with van der Waals surface area (Å²) in [5, 5.41) is 8.96. The minimum atomic E-state index is -4.40. The molecule has 10 heteroatoms. The molecule has 0 amide bonds. The quantitative estimate of drug-likeness (QED) is 0.208. The molecule has 1 atom stereocenters. The third-order valence-corrected chi connectivity index (χ3v) is 5.57. The summed E-state index contributed by atoms with van der Waals surface area (Å²) >= 11 is 7.27. The molecule has 31 heavy (non-hydrogen) atoms. The maximum atomic E-state index is 13.2. The van der Waals surface area contributed by atoms with Crippen LogP contribution in [0.3, 0.4) is 0 Å². The van der Waals surface area contributed by atoms with Crippen LogP contribution in [0, 0.1) is 5.82 Å². The zero-order valence-corrected chi connectivity index (χ0v) is 17.9. The molecule has 0 aliphatic heterocycles. The number of alkyl halides is 3. The van der Waals surface area contributed by atoms with Crippen LogP contribution in [0.4, 0.5) is 17.6 Å². The van der Waals surface area contributed by atoms with Crippen molar-refractivity contribution in [2.75, 3.05) is 0 Å². The average Bonchev–Trinajstić information content (AvgIpc) is 3.11. The molecule has 1 aromatic heterocycles. The summed E-state index contributed by atoms with van der Waals surface area (Å²) in [6.45, 7) is 5.84. The Bertz CT molecular complexity index is 1070. The molecule has 0 spiro atoms. The molecular weight excluding hydrogens is 454 g/mol. The Morgan fingerprint density at radius 1 is 1.23 bits per heavy atom. The lowest BCUT2D eigenvalue weighted by Gasteiger charge is -2.16. The minimum absolute atomic E-state index is 0.126. The van der Waals surface area contributed by atoms with E-state index in [9.17, 15) is 17.6 Å². The van der Waals surface area contributed by atoms with Gasteiger partial charge in [0.2, 0.25) is 0 Å². The highest BCUT2D eigenvalue weighted by molar-refractivity contribution is 7.98. The van der Waals surface area contributed by atoms with E-state index in [1.54, 1.807) is 23.6 Å². The lowest BCUT2D eigenvalue weighted by Crippen LogP contribution is -2.12. The first-order valence-corrected chi connectivity index (χ1v) is 10.5. The number of hydrogen-bond acceptors (Lipinski definition) is 4. The van der Waals surface area contributed by atoms with Crippen molar-refractivity contribution in [2.45, 2.75) is 36.7 Å². The monoisotopic (exact) mass is 471 g/mol. The summed E-state index contributed by atoms with van der Waals surface area (Å²) in [5.41, 5.74) is -0.186. The van der Waals surface area contributed by atoms with E-state index in [1.807, 2.05) is 0 Å². The number of thioether (sulfide) groups is 1. The molecule has 2 aromatic carbocycles. The largest absolute Gasteiger partial charge is 0.481 e. The maximum absolute atomic E-state index is 13.2. The van der Waals surface area contributed by atoms with Gasteiger partial charge in [-0.05, 0) is 36.8 Å². The second kappa shape index (κ2) is 9.74. The Kier molecular flexibility index (Phi) is 7.27. The smallest absolute Gasteiger partial charge is 0.416 e. The number of ether oxygens (including phenoxy) is 1. The minimum Gasteiger partial charge on any atom is -0.481 e. The predicted octanol–water partition coefficient (Wildman–Crippen LogP) is 6.71. The van der Waals surface area contributed by atoms with Crippen molar-refractivity contribution >= 4 is 23.4 Å². The van der Waals surface area contributed by atoms with Gasteiger partial charge in [0.05, 0.1) is 10.6 Å². The molecule has 0 bridgehead atoms. The van der Waals surface area contributed by atoms with Crippen molar-refractivity contribution in [2.24, 2.45) is 0 Å². The Morgan fingerprint density at radius 2 is 2.00 bits per heavy atom. The molecule has 0 fully saturated rings. The van der Waals surface area contributed by atoms with Crippen LogP contribution in [-0.4, -0.2) is 14.8 Å². The van der Waals surface area contributed by atoms with E-state index in [-0.39, 0.29) is 10.8 Å². The Hall–Kier alpha value is -2.52. The van der Waals surface area contributed by atoms with Crippen LogP contribution in [0.25, 0.3) is 0 Å². The zero-order valence-electron chi connectivity index (χ0n) is 16.4. The van der Waals surface area contributed by atoms with Gasteiger partial charge in [-0.15, -0.1) is 16.8 Å². The van der Waals surface area contributed by atoms with Gasteiger partial charge in [-0.25, -0.2) is 4.39 Å². The first kappa shape index (κ1) is 23.1. The molecule has 0 aliphatic carbocycles. The first-order valence-electron chi connectivity index (χ1n) is 9.13. The number of nitrogens with zero attached hydrogens (tertiary/aromatic N) is 3. The molecule has 1 unspecified atom stereocenters. The predicted molar refractivity (Wildman–Crippen MR) is 112 cm³/mol. The molecule has 164 valence electrons. The Labute approximate surface area is 185 Å². The van der Waals surface area contributed by atoms with Crippen LogP contribution >= 0.6 is 23.4 Å². The maximum Gasteiger partial charge on any atom is 0.416 e. The first-order chi connectivity index (χ1) is 14.7. The van der Waals surface area contributed by atoms with Crippen LogP contribution in [0.5, 0.6) is 5.75 Å². The van der Waals surface area contributed by atoms with Gasteiger partial charge in [0.25, 0.3) is 0 Å². The molecule has 0 aliphatic rings. The van der Waals surface area contributed by atoms with E-state index < -0.39 is 23.7 Å². The number of benzene rings is 2. The molecule has 1 heterocycles. The summed E-state index contributed by atoms with van der Waals surface area (Å²) < 4.78 is 59.6. The Balaban J connectivity index is 1.78. The third kappa shape index (κ3) is 5.80. The highest BCUT2D eigenvalue weighted by Gasteiger charge is 2.30. The standard InChI is InChI=1S/C21H18ClF4N3OS/c1-3-9-29-19(13(2)30-18-8-7-16(23)11-17(18)22)27-28-20(29)31-12-14-5-4-6-15(10-14)21(24,25)26/h3-8,10-11,13H,1,9,12H2,2H3. The van der Waals surface area contributed by atoms with E-state index in [4.69, 9.17) is 16.3 Å². The van der Waals surface area contributed by atoms with Crippen LogP contribution in [0.1, 0.15) is 30.0 Å². The number of halogens is 5. The molecular formula is C21H18ClF4N3OS. The van der Waals surface area contributed by atoms with E-state index in [2.05, 4.69) is 16.8 Å². The van der Waals surface area contributed by atoms with E-state index in [0.717, 1.165) is 18.2 Å². The molecule has 3 aromatic rings. The van der Waals surface area contributed by atoms with E-state index >= 15 is 0 Å². The topological polar surface area (TPSA) is 39.9 Å². The fraction of sp³-hybridized carbons (Fsp3) is 0.238. The summed E-state index contributed by atoms with van der Waals surface area (Å²) in [5.74, 6) is 0.569. The lowest BCUT2D eigenvalue weighted by molar-refractivity contribution is -0.137. The van der Waals surface area contributed by atoms with Crippen molar-refractivity contribution < 1.29 is 22.3 Å². The second-order valence-electron chi connectivity index (χ2n) is 6.56. The van der Waals surface area contributed by atoms with Gasteiger partial charge in [-0.3, -0.25) is 4.57 Å². The summed E-state index contributed by atoms with van der Waals surface area (Å²) in [6, 6.07) is 8.95. The highest BCUT2D eigenvalue weighted by Crippen LogP contribution is 2.33.